The van der Waals surface area contributed by atoms with Crippen LogP contribution >= 0.6 is 0 Å². The van der Waals surface area contributed by atoms with Gasteiger partial charge < -0.3 is 14.8 Å². The minimum Gasteiger partial charge on any atom is -0.495 e. The fourth-order valence-electron chi connectivity index (χ4n) is 5.25. The minimum absolute atomic E-state index is 0.0603. The fraction of sp³-hybridized carbons (Fsp3) is 0.367. The number of fused-ring (bicyclic) bond motifs is 1. The van der Waals surface area contributed by atoms with Gasteiger partial charge in [-0.15, -0.1) is 0 Å². The molecule has 0 bridgehead atoms. The number of anilines is 2. The number of urea groups is 1. The van der Waals surface area contributed by atoms with Gasteiger partial charge in [-0.2, -0.15) is 0 Å². The van der Waals surface area contributed by atoms with Crippen molar-refractivity contribution in [2.24, 2.45) is 0 Å². The van der Waals surface area contributed by atoms with Gasteiger partial charge in [-0.3, -0.25) is 4.90 Å². The summed E-state index contributed by atoms with van der Waals surface area (Å²) in [5, 5.41) is 3.01. The molecule has 5 rings (SSSR count). The molecule has 1 aliphatic heterocycles. The highest BCUT2D eigenvalue weighted by molar-refractivity contribution is 6.04. The molecule has 2 aliphatic rings. The number of hydrogen-bond acceptors (Lipinski definition) is 3. The Labute approximate surface area is 208 Å². The molecule has 1 N–H and O–H groups in total. The molecule has 5 nitrogen and oxygen atoms in total. The van der Waals surface area contributed by atoms with E-state index < -0.39 is 0 Å². The summed E-state index contributed by atoms with van der Waals surface area (Å²) in [6.07, 6.45) is 7.42. The van der Waals surface area contributed by atoms with Gasteiger partial charge in [-0.1, -0.05) is 68.7 Å². The predicted molar refractivity (Wildman–Crippen MR) is 142 cm³/mol. The Morgan fingerprint density at radius 2 is 1.74 bits per heavy atom. The Bertz CT molecular complexity index is 1170. The maximum Gasteiger partial charge on any atom is 0.326 e. The third kappa shape index (κ3) is 5.00. The van der Waals surface area contributed by atoms with Crippen LogP contribution < -0.4 is 19.7 Å². The Hall–Kier alpha value is -3.47. The molecular weight excluding hydrogens is 436 g/mol. The largest absolute Gasteiger partial charge is 0.495 e. The summed E-state index contributed by atoms with van der Waals surface area (Å²) in [5.74, 6) is 2.07. The molecule has 5 heteroatoms. The van der Waals surface area contributed by atoms with E-state index in [2.05, 4.69) is 48.6 Å². The molecule has 0 spiro atoms. The van der Waals surface area contributed by atoms with E-state index in [1.165, 1.54) is 43.2 Å². The molecule has 2 amide bonds. The number of amides is 2. The van der Waals surface area contributed by atoms with E-state index in [9.17, 15) is 4.79 Å². The van der Waals surface area contributed by atoms with Crippen LogP contribution in [0.15, 0.2) is 66.7 Å². The van der Waals surface area contributed by atoms with Crippen molar-refractivity contribution in [3.05, 3.63) is 72.3 Å². The molecule has 182 valence electrons. The molecule has 3 aromatic carbocycles. The first-order valence-corrected chi connectivity index (χ1v) is 12.8. The van der Waals surface area contributed by atoms with Gasteiger partial charge in [0.2, 0.25) is 0 Å². The average molecular weight is 471 g/mol. The second kappa shape index (κ2) is 10.4. The molecule has 1 saturated carbocycles. The Kier molecular flexibility index (Phi) is 6.94. The molecular formula is C30H34N2O3. The summed E-state index contributed by atoms with van der Waals surface area (Å²) >= 11 is 0. The van der Waals surface area contributed by atoms with Gasteiger partial charge in [0, 0.05) is 0 Å². The molecule has 35 heavy (non-hydrogen) atoms. The standard InChI is InChI=1S/C30H34N2O3/c1-3-25-20-32(30(33)31-26-11-7-8-12-28(26)34-2)27-18-17-24(19-29(27)35-25)23-15-13-22(14-16-23)21-9-5-4-6-10-21/h7-8,11-19,21,25H,3-6,9-10,20H2,1-2H3,(H,31,33). The number of carbonyl (C=O) groups is 1. The lowest BCUT2D eigenvalue weighted by Gasteiger charge is -2.35. The van der Waals surface area contributed by atoms with E-state index in [-0.39, 0.29) is 12.1 Å². The maximum absolute atomic E-state index is 13.3. The van der Waals surface area contributed by atoms with E-state index >= 15 is 0 Å². The number of nitrogens with zero attached hydrogens (tertiary/aromatic N) is 1. The van der Waals surface area contributed by atoms with Crippen molar-refractivity contribution in [1.82, 2.24) is 0 Å². The second-order valence-electron chi connectivity index (χ2n) is 9.53. The summed E-state index contributed by atoms with van der Waals surface area (Å²) in [7, 11) is 1.60. The highest BCUT2D eigenvalue weighted by atomic mass is 16.5. The number of ether oxygens (including phenoxy) is 2. The van der Waals surface area contributed by atoms with Gasteiger partial charge in [-0.05, 0) is 66.1 Å². The van der Waals surface area contributed by atoms with Crippen LogP contribution in [-0.4, -0.2) is 25.8 Å². The quantitative estimate of drug-likeness (QED) is 0.417. The lowest BCUT2D eigenvalue weighted by molar-refractivity contribution is 0.188. The van der Waals surface area contributed by atoms with Crippen LogP contribution in [0.3, 0.4) is 0 Å². The van der Waals surface area contributed by atoms with Crippen LogP contribution in [0.1, 0.15) is 56.9 Å². The third-order valence-electron chi connectivity index (χ3n) is 7.30. The first-order chi connectivity index (χ1) is 17.2. The van der Waals surface area contributed by atoms with Crippen LogP contribution in [0.25, 0.3) is 11.1 Å². The zero-order valence-electron chi connectivity index (χ0n) is 20.6. The van der Waals surface area contributed by atoms with Crippen molar-refractivity contribution >= 4 is 17.4 Å². The van der Waals surface area contributed by atoms with E-state index in [1.807, 2.05) is 30.3 Å². The lowest BCUT2D eigenvalue weighted by Crippen LogP contribution is -2.45. The molecule has 1 atom stereocenters. The van der Waals surface area contributed by atoms with Crippen LogP contribution in [0.5, 0.6) is 11.5 Å². The Morgan fingerprint density at radius 3 is 2.49 bits per heavy atom. The van der Waals surface area contributed by atoms with Gasteiger partial charge >= 0.3 is 6.03 Å². The monoisotopic (exact) mass is 470 g/mol. The van der Waals surface area contributed by atoms with Crippen LogP contribution in [-0.2, 0) is 0 Å². The topological polar surface area (TPSA) is 50.8 Å². The van der Waals surface area contributed by atoms with Gasteiger partial charge in [0.15, 0.2) is 0 Å². The summed E-state index contributed by atoms with van der Waals surface area (Å²) in [6.45, 7) is 2.58. The number of methoxy groups -OCH3 is 1. The molecule has 1 heterocycles. The second-order valence-corrected chi connectivity index (χ2v) is 9.53. The smallest absolute Gasteiger partial charge is 0.326 e. The summed E-state index contributed by atoms with van der Waals surface area (Å²) in [4.78, 5) is 15.1. The summed E-state index contributed by atoms with van der Waals surface area (Å²) in [5.41, 5.74) is 5.15. The van der Waals surface area contributed by atoms with Crippen LogP contribution in [0, 0.1) is 0 Å². The summed E-state index contributed by atoms with van der Waals surface area (Å²) in [6, 6.07) is 22.4. The van der Waals surface area contributed by atoms with Gasteiger partial charge in [-0.25, -0.2) is 4.79 Å². The molecule has 3 aromatic rings. The van der Waals surface area contributed by atoms with Crippen molar-refractivity contribution in [2.75, 3.05) is 23.9 Å². The van der Waals surface area contributed by atoms with Crippen molar-refractivity contribution < 1.29 is 14.3 Å². The van der Waals surface area contributed by atoms with E-state index in [1.54, 1.807) is 12.0 Å². The molecule has 1 aliphatic carbocycles. The number of nitrogens with one attached hydrogen (secondary N) is 1. The molecule has 0 saturated heterocycles. The normalized spacial score (nSPS) is 17.9. The van der Waals surface area contributed by atoms with E-state index in [4.69, 9.17) is 9.47 Å². The number of hydrogen-bond donors (Lipinski definition) is 1. The predicted octanol–water partition coefficient (Wildman–Crippen LogP) is 7.62. The van der Waals surface area contributed by atoms with Crippen LogP contribution in [0.2, 0.25) is 0 Å². The fourth-order valence-corrected chi connectivity index (χ4v) is 5.25. The third-order valence-corrected chi connectivity index (χ3v) is 7.30. The zero-order chi connectivity index (χ0) is 24.2. The van der Waals surface area contributed by atoms with E-state index in [0.29, 0.717) is 23.9 Å². The van der Waals surface area contributed by atoms with E-state index in [0.717, 1.165) is 23.4 Å². The number of benzene rings is 3. The van der Waals surface area contributed by atoms with Gasteiger partial charge in [0.25, 0.3) is 0 Å². The maximum atomic E-state index is 13.3. The lowest BCUT2D eigenvalue weighted by atomic mass is 9.84. The minimum atomic E-state index is -0.193. The average Bonchev–Trinajstić information content (AvgIpc) is 2.93. The molecule has 0 aromatic heterocycles. The van der Waals surface area contributed by atoms with Gasteiger partial charge in [0.1, 0.15) is 17.6 Å². The Morgan fingerprint density at radius 1 is 1.00 bits per heavy atom. The Balaban J connectivity index is 1.39. The number of para-hydroxylation sites is 2. The van der Waals surface area contributed by atoms with Crippen molar-refractivity contribution in [1.29, 1.82) is 0 Å². The number of rotatable bonds is 5. The van der Waals surface area contributed by atoms with Crippen molar-refractivity contribution in [2.45, 2.75) is 57.5 Å². The zero-order valence-corrected chi connectivity index (χ0v) is 20.6. The molecule has 1 unspecified atom stereocenters. The molecule has 1 fully saturated rings. The molecule has 0 radical (unpaired) electrons. The van der Waals surface area contributed by atoms with Gasteiger partial charge in [0.05, 0.1) is 25.0 Å². The highest BCUT2D eigenvalue weighted by Gasteiger charge is 2.30. The summed E-state index contributed by atoms with van der Waals surface area (Å²) < 4.78 is 11.7. The SMILES string of the molecule is CCC1CN(C(=O)Nc2ccccc2OC)c2ccc(-c3ccc(C4CCCCC4)cc3)cc2O1. The number of carbonyl (C=O) groups excluding carboxylic acids is 1. The van der Waals surface area contributed by atoms with Crippen molar-refractivity contribution in [3.8, 4) is 22.6 Å². The van der Waals surface area contributed by atoms with Crippen molar-refractivity contribution in [3.63, 3.8) is 0 Å². The first-order valence-electron chi connectivity index (χ1n) is 12.8. The highest BCUT2D eigenvalue weighted by Crippen LogP contribution is 2.39. The van der Waals surface area contributed by atoms with Crippen LogP contribution in [0.4, 0.5) is 16.2 Å². The first kappa shape index (κ1) is 23.3.